The number of ether oxygens (including phenoxy) is 1. The van der Waals surface area contributed by atoms with Gasteiger partial charge in [-0.1, -0.05) is 0 Å². The number of fused-ring (bicyclic) bond motifs is 1. The first-order valence-electron chi connectivity index (χ1n) is 4.40. The Balaban J connectivity index is 2.33. The lowest BCUT2D eigenvalue weighted by atomic mass is 10.2. The van der Waals surface area contributed by atoms with E-state index in [0.717, 1.165) is 18.0 Å². The van der Waals surface area contributed by atoms with Gasteiger partial charge < -0.3 is 10.1 Å². The molecular weight excluding hydrogens is 198 g/mol. The Morgan fingerprint density at radius 3 is 3.21 bits per heavy atom. The average Bonchev–Trinajstić information content (AvgIpc) is 2.27. The van der Waals surface area contributed by atoms with Crippen LogP contribution in [0.5, 0.6) is 0 Å². The zero-order valence-electron chi connectivity index (χ0n) is 7.87. The molecule has 0 amide bonds. The zero-order valence-corrected chi connectivity index (χ0v) is 8.69. The fourth-order valence-corrected chi connectivity index (χ4v) is 2.26. The number of hydrogen-bond acceptors (Lipinski definition) is 4. The van der Waals surface area contributed by atoms with E-state index in [1.165, 1.54) is 12.0 Å². The lowest BCUT2D eigenvalue weighted by molar-refractivity contribution is 0.0600. The Bertz CT molecular complexity index is 365. The second kappa shape index (κ2) is 3.92. The maximum absolute atomic E-state index is 11.2. The predicted octanol–water partition coefficient (Wildman–Crippen LogP) is 1.99. The SMILES string of the molecule is COC(=O)c1ccc2c(c1)NCCS2. The largest absolute Gasteiger partial charge is 0.465 e. The maximum atomic E-state index is 11.2. The van der Waals surface area contributed by atoms with E-state index in [0.29, 0.717) is 5.56 Å². The molecule has 4 heteroatoms. The fraction of sp³-hybridized carbons (Fsp3) is 0.300. The highest BCUT2D eigenvalue weighted by Gasteiger charge is 2.12. The molecule has 3 nitrogen and oxygen atoms in total. The number of esters is 1. The van der Waals surface area contributed by atoms with Crippen LogP contribution in [-0.2, 0) is 4.74 Å². The maximum Gasteiger partial charge on any atom is 0.337 e. The quantitative estimate of drug-likeness (QED) is 0.718. The van der Waals surface area contributed by atoms with Crippen molar-refractivity contribution in [3.63, 3.8) is 0 Å². The van der Waals surface area contributed by atoms with Gasteiger partial charge in [0.2, 0.25) is 0 Å². The summed E-state index contributed by atoms with van der Waals surface area (Å²) in [5.74, 6) is 0.787. The van der Waals surface area contributed by atoms with Crippen molar-refractivity contribution in [3.8, 4) is 0 Å². The van der Waals surface area contributed by atoms with Crippen LogP contribution in [0.25, 0.3) is 0 Å². The van der Waals surface area contributed by atoms with Crippen LogP contribution in [0.3, 0.4) is 0 Å². The molecular formula is C10H11NO2S. The second-order valence-electron chi connectivity index (χ2n) is 2.98. The van der Waals surface area contributed by atoms with Crippen molar-refractivity contribution in [2.24, 2.45) is 0 Å². The molecule has 2 rings (SSSR count). The van der Waals surface area contributed by atoms with Crippen LogP contribution < -0.4 is 5.32 Å². The number of methoxy groups -OCH3 is 1. The highest BCUT2D eigenvalue weighted by atomic mass is 32.2. The molecule has 0 radical (unpaired) electrons. The third kappa shape index (κ3) is 1.70. The Labute approximate surface area is 86.8 Å². The van der Waals surface area contributed by atoms with Gasteiger partial charge in [0.25, 0.3) is 0 Å². The summed E-state index contributed by atoms with van der Waals surface area (Å²) in [5.41, 5.74) is 1.63. The van der Waals surface area contributed by atoms with E-state index in [-0.39, 0.29) is 5.97 Å². The Morgan fingerprint density at radius 2 is 2.43 bits per heavy atom. The Morgan fingerprint density at radius 1 is 1.57 bits per heavy atom. The van der Waals surface area contributed by atoms with Gasteiger partial charge in [0.05, 0.1) is 12.7 Å². The lowest BCUT2D eigenvalue weighted by Crippen LogP contribution is -2.11. The summed E-state index contributed by atoms with van der Waals surface area (Å²) in [6.45, 7) is 0.947. The number of carbonyl (C=O) groups excluding carboxylic acids is 1. The van der Waals surface area contributed by atoms with Gasteiger partial charge in [-0.2, -0.15) is 0 Å². The number of benzene rings is 1. The number of nitrogens with one attached hydrogen (secondary N) is 1. The molecule has 1 aliphatic heterocycles. The molecule has 74 valence electrons. The van der Waals surface area contributed by atoms with Gasteiger partial charge in [-0.25, -0.2) is 4.79 Å². The van der Waals surface area contributed by atoms with Gasteiger partial charge in [0, 0.05) is 22.9 Å². The van der Waals surface area contributed by atoms with Crippen LogP contribution in [0.2, 0.25) is 0 Å². The van der Waals surface area contributed by atoms with Gasteiger partial charge in [0.1, 0.15) is 0 Å². The van der Waals surface area contributed by atoms with E-state index in [1.807, 2.05) is 12.1 Å². The first-order chi connectivity index (χ1) is 6.81. The molecule has 0 saturated carbocycles. The van der Waals surface area contributed by atoms with E-state index in [1.54, 1.807) is 17.8 Å². The molecule has 0 aliphatic carbocycles. The van der Waals surface area contributed by atoms with E-state index in [2.05, 4.69) is 10.1 Å². The van der Waals surface area contributed by atoms with Crippen molar-refractivity contribution >= 4 is 23.4 Å². The highest BCUT2D eigenvalue weighted by Crippen LogP contribution is 2.31. The molecule has 0 atom stereocenters. The number of hydrogen-bond donors (Lipinski definition) is 1. The van der Waals surface area contributed by atoms with Gasteiger partial charge in [0.15, 0.2) is 0 Å². The molecule has 0 saturated heterocycles. The van der Waals surface area contributed by atoms with E-state index >= 15 is 0 Å². The van der Waals surface area contributed by atoms with Crippen LogP contribution in [0.15, 0.2) is 23.1 Å². The minimum atomic E-state index is -0.287. The Hall–Kier alpha value is -1.16. The summed E-state index contributed by atoms with van der Waals surface area (Å²) < 4.78 is 4.65. The topological polar surface area (TPSA) is 38.3 Å². The predicted molar refractivity (Wildman–Crippen MR) is 57.0 cm³/mol. The summed E-state index contributed by atoms with van der Waals surface area (Å²) in [4.78, 5) is 12.4. The molecule has 1 aromatic rings. The summed E-state index contributed by atoms with van der Waals surface area (Å²) >= 11 is 1.80. The van der Waals surface area contributed by atoms with Crippen molar-refractivity contribution < 1.29 is 9.53 Å². The van der Waals surface area contributed by atoms with E-state index < -0.39 is 0 Å². The third-order valence-electron chi connectivity index (χ3n) is 2.08. The van der Waals surface area contributed by atoms with Gasteiger partial charge in [-0.15, -0.1) is 11.8 Å². The van der Waals surface area contributed by atoms with Crippen molar-refractivity contribution in [1.29, 1.82) is 0 Å². The van der Waals surface area contributed by atoms with E-state index in [4.69, 9.17) is 0 Å². The monoisotopic (exact) mass is 209 g/mol. The molecule has 14 heavy (non-hydrogen) atoms. The number of anilines is 1. The summed E-state index contributed by atoms with van der Waals surface area (Å²) in [6.07, 6.45) is 0. The molecule has 1 aromatic carbocycles. The van der Waals surface area contributed by atoms with Crippen molar-refractivity contribution in [3.05, 3.63) is 23.8 Å². The van der Waals surface area contributed by atoms with Crippen LogP contribution in [0.4, 0.5) is 5.69 Å². The van der Waals surface area contributed by atoms with Crippen molar-refractivity contribution in [2.75, 3.05) is 24.7 Å². The van der Waals surface area contributed by atoms with Gasteiger partial charge in [-0.05, 0) is 18.2 Å². The summed E-state index contributed by atoms with van der Waals surface area (Å²) in [7, 11) is 1.39. The van der Waals surface area contributed by atoms with Crippen molar-refractivity contribution in [1.82, 2.24) is 0 Å². The van der Waals surface area contributed by atoms with Crippen LogP contribution in [0, 0.1) is 0 Å². The van der Waals surface area contributed by atoms with Crippen LogP contribution in [-0.4, -0.2) is 25.4 Å². The Kier molecular flexibility index (Phi) is 2.63. The lowest BCUT2D eigenvalue weighted by Gasteiger charge is -2.17. The summed E-state index contributed by atoms with van der Waals surface area (Å²) in [5, 5.41) is 3.25. The number of rotatable bonds is 1. The molecule has 0 fully saturated rings. The van der Waals surface area contributed by atoms with E-state index in [9.17, 15) is 4.79 Å². The normalized spacial score (nSPS) is 14.1. The third-order valence-corrected chi connectivity index (χ3v) is 3.15. The minimum Gasteiger partial charge on any atom is -0.465 e. The number of thioether (sulfide) groups is 1. The molecule has 1 N–H and O–H groups in total. The smallest absolute Gasteiger partial charge is 0.337 e. The molecule has 0 aromatic heterocycles. The van der Waals surface area contributed by atoms with Gasteiger partial charge >= 0.3 is 5.97 Å². The molecule has 0 bridgehead atoms. The molecule has 0 spiro atoms. The van der Waals surface area contributed by atoms with Crippen molar-refractivity contribution in [2.45, 2.75) is 4.90 Å². The second-order valence-corrected chi connectivity index (χ2v) is 4.11. The molecule has 0 unspecified atom stereocenters. The summed E-state index contributed by atoms with van der Waals surface area (Å²) in [6, 6.07) is 5.59. The van der Waals surface area contributed by atoms with Gasteiger partial charge in [-0.3, -0.25) is 0 Å². The molecule has 1 heterocycles. The molecule has 1 aliphatic rings. The zero-order chi connectivity index (χ0) is 9.97. The minimum absolute atomic E-state index is 0.287. The van der Waals surface area contributed by atoms with Crippen LogP contribution in [0.1, 0.15) is 10.4 Å². The first kappa shape index (κ1) is 9.40. The standard InChI is InChI=1S/C10H11NO2S/c1-13-10(12)7-2-3-9-8(6-7)11-4-5-14-9/h2-3,6,11H,4-5H2,1H3. The van der Waals surface area contributed by atoms with Crippen LogP contribution >= 0.6 is 11.8 Å². The first-order valence-corrected chi connectivity index (χ1v) is 5.39. The highest BCUT2D eigenvalue weighted by molar-refractivity contribution is 7.99. The average molecular weight is 209 g/mol. The fourth-order valence-electron chi connectivity index (χ4n) is 1.39. The number of carbonyl (C=O) groups is 1.